The molecule has 7 heteroatoms. The number of aromatic nitrogens is 2. The Morgan fingerprint density at radius 2 is 1.78 bits per heavy atom. The van der Waals surface area contributed by atoms with Crippen molar-refractivity contribution in [3.8, 4) is 11.3 Å². The molecule has 0 fully saturated rings. The number of thiazole rings is 1. The Kier molecular flexibility index (Phi) is 4.76. The van der Waals surface area contributed by atoms with Gasteiger partial charge in [0.2, 0.25) is 4.80 Å². The summed E-state index contributed by atoms with van der Waals surface area (Å²) in [5.74, 6) is -0.669. The van der Waals surface area contributed by atoms with E-state index in [0.717, 1.165) is 5.69 Å². The van der Waals surface area contributed by atoms with Gasteiger partial charge in [-0.25, -0.2) is 18.4 Å². The van der Waals surface area contributed by atoms with Gasteiger partial charge in [0.15, 0.2) is 0 Å². The van der Waals surface area contributed by atoms with Crippen molar-refractivity contribution >= 4 is 23.2 Å². The maximum atomic E-state index is 14.3. The molecule has 4 aromatic rings. The van der Waals surface area contributed by atoms with Gasteiger partial charge in [0.1, 0.15) is 11.6 Å². The molecule has 4 rings (SSSR count). The minimum atomic E-state index is -0.340. The van der Waals surface area contributed by atoms with Gasteiger partial charge in [0.25, 0.3) is 0 Å². The van der Waals surface area contributed by atoms with Crippen LogP contribution in [0.15, 0.2) is 82.3 Å². The summed E-state index contributed by atoms with van der Waals surface area (Å²) in [5.41, 5.74) is 2.41. The molecule has 0 bridgehead atoms. The fraction of sp³-hybridized carbons (Fsp3) is 0. The first-order valence-corrected chi connectivity index (χ1v) is 9.02. The molecule has 0 spiro atoms. The van der Waals surface area contributed by atoms with E-state index < -0.39 is 0 Å². The third-order valence-corrected chi connectivity index (χ3v) is 4.64. The highest BCUT2D eigenvalue weighted by molar-refractivity contribution is 7.07. The third-order valence-electron chi connectivity index (χ3n) is 3.82. The van der Waals surface area contributed by atoms with Crippen molar-refractivity contribution in [2.75, 3.05) is 0 Å². The summed E-state index contributed by atoms with van der Waals surface area (Å²) in [7, 11) is 0. The van der Waals surface area contributed by atoms with Crippen molar-refractivity contribution in [1.29, 1.82) is 0 Å². The van der Waals surface area contributed by atoms with E-state index in [-0.39, 0.29) is 11.6 Å². The van der Waals surface area contributed by atoms with Gasteiger partial charge >= 0.3 is 0 Å². The van der Waals surface area contributed by atoms with Crippen LogP contribution in [0.1, 0.15) is 5.69 Å². The number of nitrogens with zero attached hydrogens (tertiary/aromatic N) is 3. The normalized spacial score (nSPS) is 12.1. The van der Waals surface area contributed by atoms with Crippen molar-refractivity contribution in [3.63, 3.8) is 0 Å². The van der Waals surface area contributed by atoms with Gasteiger partial charge < -0.3 is 4.98 Å². The van der Waals surface area contributed by atoms with Gasteiger partial charge in [0.05, 0.1) is 23.3 Å². The lowest BCUT2D eigenvalue weighted by Gasteiger charge is -2.04. The molecule has 0 amide bonds. The van der Waals surface area contributed by atoms with E-state index in [2.05, 4.69) is 15.1 Å². The summed E-state index contributed by atoms with van der Waals surface area (Å²) >= 11 is 1.33. The Balaban J connectivity index is 1.86. The highest BCUT2D eigenvalue weighted by Gasteiger charge is 2.11. The Morgan fingerprint density at radius 1 is 0.963 bits per heavy atom. The first-order chi connectivity index (χ1) is 13.2. The second-order valence-electron chi connectivity index (χ2n) is 5.65. The molecular formula is C20H14F2N4S. The first-order valence-electron chi connectivity index (χ1n) is 8.14. The Bertz CT molecular complexity index is 1140. The first kappa shape index (κ1) is 17.1. The van der Waals surface area contributed by atoms with Crippen molar-refractivity contribution in [1.82, 2.24) is 9.66 Å². The Hall–Kier alpha value is -3.32. The predicted molar refractivity (Wildman–Crippen MR) is 103 cm³/mol. The standard InChI is InChI=1S/C20H14F2N4S/c21-14-7-9-15(10-8-14)25-20-26(24-12-16-4-3-11-23-16)19(13-27-20)17-5-1-2-6-18(17)22/h1-13,23H. The smallest absolute Gasteiger partial charge is 0.211 e. The van der Waals surface area contributed by atoms with Crippen LogP contribution in [0, 0.1) is 11.6 Å². The van der Waals surface area contributed by atoms with Crippen molar-refractivity contribution < 1.29 is 8.78 Å². The van der Waals surface area contributed by atoms with Crippen molar-refractivity contribution in [3.05, 3.63) is 94.4 Å². The number of H-pyrrole nitrogens is 1. The van der Waals surface area contributed by atoms with Crippen LogP contribution in [0.4, 0.5) is 14.5 Å². The summed E-state index contributed by atoms with van der Waals surface area (Å²) in [5, 5.41) is 6.27. The predicted octanol–water partition coefficient (Wildman–Crippen LogP) is 4.94. The molecule has 134 valence electrons. The zero-order valence-electron chi connectivity index (χ0n) is 14.0. The zero-order chi connectivity index (χ0) is 18.6. The fourth-order valence-corrected chi connectivity index (χ4v) is 3.36. The van der Waals surface area contributed by atoms with Crippen LogP contribution < -0.4 is 4.80 Å². The molecule has 4 nitrogen and oxygen atoms in total. The molecule has 2 aromatic heterocycles. The van der Waals surface area contributed by atoms with E-state index in [9.17, 15) is 8.78 Å². The molecule has 0 saturated heterocycles. The van der Waals surface area contributed by atoms with E-state index in [4.69, 9.17) is 0 Å². The summed E-state index contributed by atoms with van der Waals surface area (Å²) in [6.07, 6.45) is 3.43. The average Bonchev–Trinajstić information content (AvgIpc) is 3.32. The molecule has 0 atom stereocenters. The van der Waals surface area contributed by atoms with E-state index in [1.807, 2.05) is 12.1 Å². The molecular weight excluding hydrogens is 366 g/mol. The molecule has 0 saturated carbocycles. The van der Waals surface area contributed by atoms with Gasteiger partial charge in [-0.1, -0.05) is 12.1 Å². The van der Waals surface area contributed by atoms with Crippen LogP contribution in [0.5, 0.6) is 0 Å². The monoisotopic (exact) mass is 380 g/mol. The van der Waals surface area contributed by atoms with Crippen LogP contribution >= 0.6 is 11.3 Å². The van der Waals surface area contributed by atoms with Gasteiger partial charge in [-0.3, -0.25) is 0 Å². The van der Waals surface area contributed by atoms with E-state index in [1.165, 1.54) is 29.5 Å². The third kappa shape index (κ3) is 3.78. The minimum Gasteiger partial charge on any atom is -0.360 e. The largest absolute Gasteiger partial charge is 0.360 e. The van der Waals surface area contributed by atoms with Gasteiger partial charge in [-0.2, -0.15) is 5.10 Å². The van der Waals surface area contributed by atoms with Crippen LogP contribution in [0.3, 0.4) is 0 Å². The van der Waals surface area contributed by atoms with Crippen molar-refractivity contribution in [2.45, 2.75) is 0 Å². The molecule has 0 aliphatic carbocycles. The highest BCUT2D eigenvalue weighted by atomic mass is 32.1. The second kappa shape index (κ2) is 7.51. The lowest BCUT2D eigenvalue weighted by molar-refractivity contribution is 0.627. The molecule has 0 radical (unpaired) electrons. The fourth-order valence-electron chi connectivity index (χ4n) is 2.51. The lowest BCUT2D eigenvalue weighted by atomic mass is 10.1. The van der Waals surface area contributed by atoms with Gasteiger partial charge in [0, 0.05) is 17.1 Å². The number of halogens is 2. The Morgan fingerprint density at radius 3 is 2.52 bits per heavy atom. The topological polar surface area (TPSA) is 45.4 Å². The number of nitrogens with one attached hydrogen (secondary N) is 1. The number of hydrogen-bond donors (Lipinski definition) is 1. The molecule has 2 heterocycles. The Labute approximate surface area is 157 Å². The molecule has 2 aromatic carbocycles. The number of aromatic amines is 1. The molecule has 0 aliphatic heterocycles. The zero-order valence-corrected chi connectivity index (χ0v) is 14.8. The minimum absolute atomic E-state index is 0.329. The highest BCUT2D eigenvalue weighted by Crippen LogP contribution is 2.23. The summed E-state index contributed by atoms with van der Waals surface area (Å²) in [4.78, 5) is 8.11. The average molecular weight is 380 g/mol. The van der Waals surface area contributed by atoms with E-state index in [1.54, 1.807) is 52.8 Å². The summed E-state index contributed by atoms with van der Waals surface area (Å²) in [6, 6.07) is 16.1. The van der Waals surface area contributed by atoms with Gasteiger partial charge in [-0.15, -0.1) is 11.3 Å². The van der Waals surface area contributed by atoms with Crippen LogP contribution in [0.25, 0.3) is 11.3 Å². The molecule has 0 unspecified atom stereocenters. The second-order valence-corrected chi connectivity index (χ2v) is 6.49. The van der Waals surface area contributed by atoms with Crippen LogP contribution in [-0.2, 0) is 0 Å². The van der Waals surface area contributed by atoms with E-state index >= 15 is 0 Å². The number of rotatable bonds is 4. The maximum Gasteiger partial charge on any atom is 0.211 e. The lowest BCUT2D eigenvalue weighted by Crippen LogP contribution is -2.12. The van der Waals surface area contributed by atoms with E-state index in [0.29, 0.717) is 21.7 Å². The molecule has 0 aliphatic rings. The summed E-state index contributed by atoms with van der Waals surface area (Å²) < 4.78 is 29.0. The molecule has 1 N–H and O–H groups in total. The number of benzene rings is 2. The maximum absolute atomic E-state index is 14.3. The number of hydrogen-bond acceptors (Lipinski definition) is 3. The SMILES string of the molecule is Fc1ccc(N=c2scc(-c3ccccc3F)n2N=Cc2ccc[nH]2)cc1. The van der Waals surface area contributed by atoms with Gasteiger partial charge in [-0.05, 0) is 48.5 Å². The quantitative estimate of drug-likeness (QED) is 0.488. The summed E-state index contributed by atoms with van der Waals surface area (Å²) in [6.45, 7) is 0. The van der Waals surface area contributed by atoms with Crippen molar-refractivity contribution in [2.24, 2.45) is 10.1 Å². The van der Waals surface area contributed by atoms with Crippen LogP contribution in [-0.4, -0.2) is 15.9 Å². The van der Waals surface area contributed by atoms with Crippen LogP contribution in [0.2, 0.25) is 0 Å². The molecule has 27 heavy (non-hydrogen) atoms.